The van der Waals surface area contributed by atoms with Crippen molar-refractivity contribution >= 4 is 29.8 Å². The number of benzene rings is 1. The van der Waals surface area contributed by atoms with E-state index in [2.05, 4.69) is 31.9 Å². The van der Waals surface area contributed by atoms with Crippen molar-refractivity contribution < 1.29 is 9.59 Å². The van der Waals surface area contributed by atoms with Gasteiger partial charge in [0, 0.05) is 71.2 Å². The first kappa shape index (κ1) is 27.2. The van der Waals surface area contributed by atoms with E-state index in [1.807, 2.05) is 30.0 Å². The lowest BCUT2D eigenvalue weighted by Crippen LogP contribution is -2.50. The van der Waals surface area contributed by atoms with Gasteiger partial charge >= 0.3 is 0 Å². The maximum atomic E-state index is 11.9. The highest BCUT2D eigenvalue weighted by molar-refractivity contribution is 5.94. The molecule has 0 atom stereocenters. The van der Waals surface area contributed by atoms with Gasteiger partial charge in [-0.2, -0.15) is 0 Å². The van der Waals surface area contributed by atoms with Crippen LogP contribution in [0.4, 0.5) is 5.69 Å². The number of guanidine groups is 1. The molecule has 2 saturated heterocycles. The zero-order chi connectivity index (χ0) is 25.9. The van der Waals surface area contributed by atoms with Crippen LogP contribution in [0.2, 0.25) is 0 Å². The second kappa shape index (κ2) is 13.6. The number of rotatable bonds is 9. The number of amides is 2. The van der Waals surface area contributed by atoms with Crippen LogP contribution in [0.5, 0.6) is 0 Å². The summed E-state index contributed by atoms with van der Waals surface area (Å²) < 4.78 is 0. The van der Waals surface area contributed by atoms with Gasteiger partial charge in [-0.1, -0.05) is 19.1 Å². The molecule has 1 aromatic rings. The van der Waals surface area contributed by atoms with Crippen LogP contribution < -0.4 is 16.4 Å². The van der Waals surface area contributed by atoms with Gasteiger partial charge in [0.05, 0.1) is 6.04 Å². The van der Waals surface area contributed by atoms with E-state index in [9.17, 15) is 9.59 Å². The Morgan fingerprint density at radius 1 is 1.06 bits per heavy atom. The first-order chi connectivity index (χ1) is 17.4. The van der Waals surface area contributed by atoms with Gasteiger partial charge in [-0.15, -0.1) is 0 Å². The van der Waals surface area contributed by atoms with Crippen LogP contribution in [-0.4, -0.2) is 97.7 Å². The molecule has 4 N–H and O–H groups in total. The minimum atomic E-state index is 0.175. The predicted octanol–water partition coefficient (Wildman–Crippen LogP) is 1.03. The Labute approximate surface area is 214 Å². The van der Waals surface area contributed by atoms with Gasteiger partial charge in [0.1, 0.15) is 5.84 Å². The number of carbonyl (C=O) groups is 2. The number of anilines is 1. The van der Waals surface area contributed by atoms with E-state index in [4.69, 9.17) is 11.5 Å². The Morgan fingerprint density at radius 3 is 2.25 bits per heavy atom. The standard InChI is InChI=1S/C26H40N8O2/c1-3-25(36)33-18-16-32(17-19-33)24(29-2)11-15-34(20-35)23-6-4-21(5-7-23)8-12-31-13-9-22(10-14-31)30-26(27)28/h4-7,11,15,20,22H,3,8-10,12-14,16-19H2,1-2H3,(H4,27,28,30)/b15-11-,29-24?. The van der Waals surface area contributed by atoms with Crippen molar-refractivity contribution in [1.82, 2.24) is 14.7 Å². The lowest BCUT2D eigenvalue weighted by molar-refractivity contribution is -0.132. The summed E-state index contributed by atoms with van der Waals surface area (Å²) in [6.07, 6.45) is 7.84. The molecule has 2 aliphatic heterocycles. The number of hydrogen-bond acceptors (Lipinski definition) is 5. The molecule has 0 radical (unpaired) electrons. The number of nitrogens with zero attached hydrogens (tertiary/aromatic N) is 6. The van der Waals surface area contributed by atoms with Gasteiger partial charge in [0.2, 0.25) is 12.3 Å². The van der Waals surface area contributed by atoms with Gasteiger partial charge in [0.25, 0.3) is 0 Å². The Balaban J connectivity index is 1.49. The van der Waals surface area contributed by atoms with Crippen molar-refractivity contribution in [3.63, 3.8) is 0 Å². The number of amidine groups is 1. The first-order valence-corrected chi connectivity index (χ1v) is 12.7. The number of piperidine rings is 1. The second-order valence-electron chi connectivity index (χ2n) is 9.17. The number of carbonyl (C=O) groups excluding carboxylic acids is 2. The molecule has 196 valence electrons. The van der Waals surface area contributed by atoms with E-state index in [0.29, 0.717) is 19.5 Å². The largest absolute Gasteiger partial charge is 0.370 e. The van der Waals surface area contributed by atoms with Crippen LogP contribution in [-0.2, 0) is 16.0 Å². The fourth-order valence-electron chi connectivity index (χ4n) is 4.66. The Morgan fingerprint density at radius 2 is 1.69 bits per heavy atom. The minimum Gasteiger partial charge on any atom is -0.370 e. The molecule has 0 saturated carbocycles. The number of likely N-dealkylation sites (tertiary alicyclic amines) is 1. The Bertz CT molecular complexity index is 939. The van der Waals surface area contributed by atoms with Crippen molar-refractivity contribution in [3.05, 3.63) is 42.1 Å². The molecular formula is C26H40N8O2. The van der Waals surface area contributed by atoms with Crippen LogP contribution in [0, 0.1) is 0 Å². The summed E-state index contributed by atoms with van der Waals surface area (Å²) >= 11 is 0. The molecule has 0 unspecified atom stereocenters. The lowest BCUT2D eigenvalue weighted by Gasteiger charge is -2.35. The SMILES string of the molecule is CCC(=O)N1CCN(C(/C=C\N(C=O)c2ccc(CCN3CCC(N=C(N)N)CC3)cc2)=NC)CC1. The first-order valence-electron chi connectivity index (χ1n) is 12.7. The summed E-state index contributed by atoms with van der Waals surface area (Å²) in [6.45, 7) is 7.69. The summed E-state index contributed by atoms with van der Waals surface area (Å²) in [6, 6.07) is 8.32. The van der Waals surface area contributed by atoms with Crippen LogP contribution in [0.1, 0.15) is 31.7 Å². The van der Waals surface area contributed by atoms with Crippen molar-refractivity contribution in [2.24, 2.45) is 21.5 Å². The number of nitrogens with two attached hydrogens (primary N) is 2. The van der Waals surface area contributed by atoms with Gasteiger partial charge in [-0.05, 0) is 43.0 Å². The number of piperazine rings is 1. The molecule has 3 rings (SSSR count). The summed E-state index contributed by atoms with van der Waals surface area (Å²) in [5.41, 5.74) is 13.0. The van der Waals surface area contributed by atoms with Gasteiger partial charge in [-0.25, -0.2) is 0 Å². The highest BCUT2D eigenvalue weighted by atomic mass is 16.2. The molecule has 2 amide bonds. The Kier molecular flexibility index (Phi) is 10.3. The van der Waals surface area contributed by atoms with E-state index in [1.54, 1.807) is 18.1 Å². The molecule has 0 spiro atoms. The van der Waals surface area contributed by atoms with Crippen LogP contribution in [0.15, 0.2) is 46.5 Å². The highest BCUT2D eigenvalue weighted by Crippen LogP contribution is 2.17. The fourth-order valence-corrected chi connectivity index (χ4v) is 4.66. The van der Waals surface area contributed by atoms with Gasteiger partial charge in [0.15, 0.2) is 5.96 Å². The molecule has 2 fully saturated rings. The minimum absolute atomic E-state index is 0.175. The summed E-state index contributed by atoms with van der Waals surface area (Å²) in [4.78, 5) is 40.4. The molecular weight excluding hydrogens is 456 g/mol. The topological polar surface area (TPSA) is 124 Å². The normalized spacial score (nSPS) is 17.9. The van der Waals surface area contributed by atoms with Crippen LogP contribution in [0.3, 0.4) is 0 Å². The van der Waals surface area contributed by atoms with Gasteiger partial charge < -0.3 is 26.2 Å². The molecule has 2 aliphatic rings. The zero-order valence-corrected chi connectivity index (χ0v) is 21.6. The third-order valence-corrected chi connectivity index (χ3v) is 6.83. The average Bonchev–Trinajstić information content (AvgIpc) is 2.91. The van der Waals surface area contributed by atoms with Crippen molar-refractivity contribution in [3.8, 4) is 0 Å². The van der Waals surface area contributed by atoms with E-state index in [0.717, 1.165) is 69.9 Å². The van der Waals surface area contributed by atoms with E-state index >= 15 is 0 Å². The maximum Gasteiger partial charge on any atom is 0.222 e. The fraction of sp³-hybridized carbons (Fsp3) is 0.538. The highest BCUT2D eigenvalue weighted by Gasteiger charge is 2.21. The van der Waals surface area contributed by atoms with Crippen molar-refractivity contribution in [2.75, 3.05) is 57.8 Å². The van der Waals surface area contributed by atoms with Crippen LogP contribution in [0.25, 0.3) is 0 Å². The molecule has 1 aromatic carbocycles. The predicted molar refractivity (Wildman–Crippen MR) is 145 cm³/mol. The van der Waals surface area contributed by atoms with E-state index < -0.39 is 0 Å². The van der Waals surface area contributed by atoms with Crippen molar-refractivity contribution in [1.29, 1.82) is 0 Å². The number of hydrogen-bond donors (Lipinski definition) is 2. The Hall–Kier alpha value is -3.40. The number of aliphatic imine (C=N–C) groups is 2. The monoisotopic (exact) mass is 496 g/mol. The smallest absolute Gasteiger partial charge is 0.222 e. The molecule has 2 heterocycles. The van der Waals surface area contributed by atoms with Gasteiger partial charge in [-0.3, -0.25) is 24.5 Å². The molecule has 0 aliphatic carbocycles. The summed E-state index contributed by atoms with van der Waals surface area (Å²) in [5, 5.41) is 0. The van der Waals surface area contributed by atoms with E-state index in [-0.39, 0.29) is 17.9 Å². The van der Waals surface area contributed by atoms with Crippen LogP contribution >= 0.6 is 0 Å². The molecule has 0 bridgehead atoms. The average molecular weight is 497 g/mol. The summed E-state index contributed by atoms with van der Waals surface area (Å²) in [7, 11) is 1.74. The lowest BCUT2D eigenvalue weighted by atomic mass is 10.0. The third kappa shape index (κ3) is 7.81. The zero-order valence-electron chi connectivity index (χ0n) is 21.6. The molecule has 0 aromatic heterocycles. The van der Waals surface area contributed by atoms with E-state index in [1.165, 1.54) is 5.56 Å². The van der Waals surface area contributed by atoms with Crippen molar-refractivity contribution in [2.45, 2.75) is 38.6 Å². The third-order valence-electron chi connectivity index (χ3n) is 6.83. The second-order valence-corrected chi connectivity index (χ2v) is 9.17. The maximum absolute atomic E-state index is 11.9. The quantitative estimate of drug-likeness (QED) is 0.299. The molecule has 10 nitrogen and oxygen atoms in total. The summed E-state index contributed by atoms with van der Waals surface area (Å²) in [5.74, 6) is 1.16. The molecule has 10 heteroatoms. The molecule has 36 heavy (non-hydrogen) atoms.